The fraction of sp³-hybridized carbons (Fsp3) is 0.460. The number of amides is 10. The number of hydrogen-bond acceptors (Lipinski definition) is 13. The molecule has 24 nitrogen and oxygen atoms in total. The summed E-state index contributed by atoms with van der Waals surface area (Å²) in [5.74, 6) is -7.54. The van der Waals surface area contributed by atoms with Crippen molar-refractivity contribution < 1.29 is 47.9 Å². The van der Waals surface area contributed by atoms with Crippen molar-refractivity contribution in [2.24, 2.45) is 23.3 Å². The highest BCUT2D eigenvalue weighted by Crippen LogP contribution is 2.20. The zero-order chi connectivity index (χ0) is 55.4. The molecule has 0 fully saturated rings. The van der Waals surface area contributed by atoms with Gasteiger partial charge in [0.05, 0.1) is 12.9 Å². The van der Waals surface area contributed by atoms with Crippen molar-refractivity contribution in [2.75, 3.05) is 24.3 Å². The normalized spacial score (nSPS) is 14.0. The maximum Gasteiger partial charge on any atom is 0.251 e. The predicted molar refractivity (Wildman–Crippen MR) is 282 cm³/mol. The van der Waals surface area contributed by atoms with Crippen LogP contribution in [0.1, 0.15) is 81.9 Å². The molecule has 0 aliphatic rings. The highest BCUT2D eigenvalue weighted by atomic mass is 32.2. The van der Waals surface area contributed by atoms with E-state index in [9.17, 15) is 47.9 Å². The number of aromatic nitrogens is 3. The molecule has 0 saturated heterocycles. The van der Waals surface area contributed by atoms with E-state index >= 15 is 0 Å². The topological polar surface area (TPSA) is 389 Å². The van der Waals surface area contributed by atoms with E-state index in [0.29, 0.717) is 22.7 Å². The van der Waals surface area contributed by atoms with Gasteiger partial charge < -0.3 is 69.7 Å². The van der Waals surface area contributed by atoms with Gasteiger partial charge in [0.1, 0.15) is 42.3 Å². The van der Waals surface area contributed by atoms with Crippen LogP contribution in [-0.2, 0) is 56.0 Å². The number of nitrogens with two attached hydrogens (primary N) is 3. The maximum absolute atomic E-state index is 14.1. The van der Waals surface area contributed by atoms with E-state index in [4.69, 9.17) is 17.2 Å². The number of hydrogen-bond donors (Lipinski definition) is 13. The zero-order valence-corrected chi connectivity index (χ0v) is 43.7. The Morgan fingerprint density at radius 3 is 1.91 bits per heavy atom. The maximum atomic E-state index is 14.1. The lowest BCUT2D eigenvalue weighted by atomic mass is 10.0. The molecule has 7 atom stereocenters. The number of carbonyl (C=O) groups excluding carboxylic acids is 10. The summed E-state index contributed by atoms with van der Waals surface area (Å²) in [4.78, 5) is 143. The van der Waals surface area contributed by atoms with Crippen molar-refractivity contribution in [3.05, 3.63) is 84.1 Å². The molecule has 0 aliphatic heterocycles. The van der Waals surface area contributed by atoms with Gasteiger partial charge in [0.15, 0.2) is 0 Å². The molecule has 16 N–H and O–H groups in total. The van der Waals surface area contributed by atoms with E-state index in [-0.39, 0.29) is 50.0 Å². The quantitative estimate of drug-likeness (QED) is 0.0288. The number of nitrogens with zero attached hydrogens (tertiary/aromatic N) is 1. The van der Waals surface area contributed by atoms with Gasteiger partial charge in [-0.3, -0.25) is 47.9 Å². The second kappa shape index (κ2) is 29.1. The molecule has 75 heavy (non-hydrogen) atoms. The summed E-state index contributed by atoms with van der Waals surface area (Å²) in [5.41, 5.74) is 19.1. The van der Waals surface area contributed by atoms with Gasteiger partial charge in [0, 0.05) is 59.5 Å². The average Bonchev–Trinajstić information content (AvgIpc) is 4.03. The molecule has 0 radical (unpaired) electrons. The number of aromatic amines is 2. The first-order valence-electron chi connectivity index (χ1n) is 24.4. The molecule has 0 saturated carbocycles. The Morgan fingerprint density at radius 2 is 1.28 bits per heavy atom. The summed E-state index contributed by atoms with van der Waals surface area (Å²) < 4.78 is 0. The smallest absolute Gasteiger partial charge is 0.251 e. The fourth-order valence-electron chi connectivity index (χ4n) is 7.74. The molecule has 10 amide bonds. The predicted octanol–water partition coefficient (Wildman–Crippen LogP) is -0.692. The molecule has 0 spiro atoms. The number of nitrogens with one attached hydrogen (secondary N) is 10. The van der Waals surface area contributed by atoms with E-state index in [0.717, 1.165) is 10.9 Å². The summed E-state index contributed by atoms with van der Waals surface area (Å²) >= 11 is 1.47. The lowest BCUT2D eigenvalue weighted by Gasteiger charge is -2.26. The Morgan fingerprint density at radius 1 is 0.653 bits per heavy atom. The van der Waals surface area contributed by atoms with Crippen LogP contribution in [0.2, 0.25) is 0 Å². The highest BCUT2D eigenvalue weighted by Gasteiger charge is 2.34. The number of imidazole rings is 1. The highest BCUT2D eigenvalue weighted by molar-refractivity contribution is 7.98. The van der Waals surface area contributed by atoms with Crippen LogP contribution >= 0.6 is 11.8 Å². The second-order valence-electron chi connectivity index (χ2n) is 18.8. The molecule has 2 heterocycles. The molecule has 4 aromatic rings. The van der Waals surface area contributed by atoms with Gasteiger partial charge >= 0.3 is 0 Å². The Kier molecular flexibility index (Phi) is 23.1. The van der Waals surface area contributed by atoms with Crippen LogP contribution in [0.15, 0.2) is 67.3 Å². The lowest BCUT2D eigenvalue weighted by molar-refractivity contribution is -0.135. The molecule has 4 rings (SSSR count). The molecule has 25 heteroatoms. The van der Waals surface area contributed by atoms with Gasteiger partial charge in [-0.2, -0.15) is 11.8 Å². The molecule has 0 unspecified atom stereocenters. The summed E-state index contributed by atoms with van der Waals surface area (Å²) in [6.07, 6.45) is 6.15. The lowest BCUT2D eigenvalue weighted by Crippen LogP contribution is -2.59. The van der Waals surface area contributed by atoms with E-state index < -0.39 is 114 Å². The van der Waals surface area contributed by atoms with E-state index in [1.165, 1.54) is 55.5 Å². The first-order valence-corrected chi connectivity index (χ1v) is 25.8. The van der Waals surface area contributed by atoms with Gasteiger partial charge in [0.2, 0.25) is 53.2 Å². The van der Waals surface area contributed by atoms with Gasteiger partial charge in [-0.25, -0.2) is 4.98 Å². The Bertz CT molecular complexity index is 2620. The van der Waals surface area contributed by atoms with Crippen LogP contribution in [0.5, 0.6) is 0 Å². The monoisotopic (exact) mass is 1060 g/mol. The number of thioether (sulfide) groups is 1. The van der Waals surface area contributed by atoms with Crippen molar-refractivity contribution in [2.45, 2.75) is 115 Å². The van der Waals surface area contributed by atoms with Crippen LogP contribution < -0.4 is 59.7 Å². The minimum atomic E-state index is -1.35. The van der Waals surface area contributed by atoms with Crippen molar-refractivity contribution in [3.8, 4) is 0 Å². The summed E-state index contributed by atoms with van der Waals surface area (Å²) in [6.45, 7) is 7.70. The molecule has 0 bridgehead atoms. The zero-order valence-electron chi connectivity index (χ0n) is 42.9. The number of para-hydroxylation sites is 1. The number of nitrogen functional groups attached to an aromatic ring is 1. The Hall–Kier alpha value is -7.96. The number of anilines is 1. The average molecular weight is 1060 g/mol. The second-order valence-corrected chi connectivity index (χ2v) is 19.8. The van der Waals surface area contributed by atoms with Gasteiger partial charge in [-0.05, 0) is 85.9 Å². The summed E-state index contributed by atoms with van der Waals surface area (Å²) in [7, 11) is 0. The van der Waals surface area contributed by atoms with Crippen LogP contribution in [0.25, 0.3) is 10.9 Å². The fourth-order valence-corrected chi connectivity index (χ4v) is 8.21. The van der Waals surface area contributed by atoms with Crippen LogP contribution in [0.3, 0.4) is 0 Å². The minimum absolute atomic E-state index is 0.0758. The van der Waals surface area contributed by atoms with Crippen molar-refractivity contribution in [3.63, 3.8) is 0 Å². The first-order chi connectivity index (χ1) is 35.6. The van der Waals surface area contributed by atoms with E-state index in [2.05, 4.69) is 57.5 Å². The van der Waals surface area contributed by atoms with Crippen molar-refractivity contribution in [1.82, 2.24) is 57.5 Å². The molecular formula is C50H70N14O10S. The molecule has 406 valence electrons. The van der Waals surface area contributed by atoms with Gasteiger partial charge in [-0.15, -0.1) is 0 Å². The number of H-pyrrole nitrogens is 2. The van der Waals surface area contributed by atoms with E-state index in [1.54, 1.807) is 26.1 Å². The first kappa shape index (κ1) is 59.6. The number of rotatable bonds is 30. The molecule has 0 aliphatic carbocycles. The van der Waals surface area contributed by atoms with E-state index in [1.807, 2.05) is 38.3 Å². The molecular weight excluding hydrogens is 989 g/mol. The summed E-state index contributed by atoms with van der Waals surface area (Å²) in [5, 5.41) is 21.7. The number of fused-ring (bicyclic) bond motifs is 1. The molecule has 2 aromatic carbocycles. The number of primary amides is 2. The third-order valence-electron chi connectivity index (χ3n) is 11.9. The van der Waals surface area contributed by atoms with Crippen LogP contribution in [-0.4, -0.2) is 135 Å². The van der Waals surface area contributed by atoms with Gasteiger partial charge in [0.25, 0.3) is 5.91 Å². The number of benzene rings is 2. The van der Waals surface area contributed by atoms with Gasteiger partial charge in [-0.1, -0.05) is 45.9 Å². The Balaban J connectivity index is 1.45. The van der Waals surface area contributed by atoms with Crippen LogP contribution in [0, 0.1) is 11.8 Å². The largest absolute Gasteiger partial charge is 0.399 e. The third kappa shape index (κ3) is 19.1. The standard InChI is InChI=1S/C50H70N14O10S/c1-26(2)19-37(48(72)60-35(43(53)67)17-18-75-6)62-49(73)39(21-32-23-54-25-57-32)59-41(66)24-56-50(74)42(27(3)4)64-44(68)28(5)58-47(71)38(20-30-22-55-34-10-8-7-9-33(30)34)63-46(70)36(15-16-40(52)65)61-45(69)29-11-13-31(51)14-12-29/h7-14,22-23,25-28,35-39,42,55H,15-21,24,51H2,1-6H3,(H2,52,65)(H2,53,67)(H,54,57)(H,56,74)(H,58,71)(H,59,66)(H,60,72)(H,61,69)(H,62,73)(H,63,70)(H,64,68)/t28-,35-,36-,37-,38-,39-,42-/m0/s1. The SMILES string of the molecule is CSCC[C@H](NC(=O)[C@H](CC(C)C)NC(=O)[C@H](Cc1cnc[nH]1)NC(=O)CNC(=O)[C@@H](NC(=O)[C@H](C)NC(=O)[C@H](Cc1c[nH]c2ccccc12)NC(=O)[C@H](CCC(N)=O)NC(=O)c1ccc(N)cc1)C(C)C)C(N)=O. The minimum Gasteiger partial charge on any atom is -0.399 e. The van der Waals surface area contributed by atoms with Crippen molar-refractivity contribution >= 4 is 87.4 Å². The number of carbonyl (C=O) groups is 10. The third-order valence-corrected chi connectivity index (χ3v) is 12.5. The Labute approximate surface area is 438 Å². The van der Waals surface area contributed by atoms with Crippen molar-refractivity contribution in [1.29, 1.82) is 0 Å². The van der Waals surface area contributed by atoms with Crippen LogP contribution in [0.4, 0.5) is 5.69 Å². The molecule has 2 aromatic heterocycles. The summed E-state index contributed by atoms with van der Waals surface area (Å²) in [6, 6.07) is 4.61.